The van der Waals surface area contributed by atoms with Gasteiger partial charge in [-0.1, -0.05) is 6.07 Å². The molecule has 1 N–H and O–H groups in total. The van der Waals surface area contributed by atoms with Gasteiger partial charge in [0, 0.05) is 32.5 Å². The fourth-order valence-corrected chi connectivity index (χ4v) is 2.40. The van der Waals surface area contributed by atoms with Crippen LogP contribution in [0.2, 0.25) is 0 Å². The molecule has 4 heteroatoms. The Kier molecular flexibility index (Phi) is 2.63. The summed E-state index contributed by atoms with van der Waals surface area (Å²) in [5.41, 5.74) is 2.17. The zero-order valence-corrected chi connectivity index (χ0v) is 9.74. The van der Waals surface area contributed by atoms with Gasteiger partial charge in [0.1, 0.15) is 12.4 Å². The van der Waals surface area contributed by atoms with Crippen LogP contribution in [0.5, 0.6) is 5.75 Å². The molecule has 2 heterocycles. The van der Waals surface area contributed by atoms with Crippen LogP contribution in [0.25, 0.3) is 0 Å². The van der Waals surface area contributed by atoms with Gasteiger partial charge in [-0.2, -0.15) is 0 Å². The molecule has 0 saturated carbocycles. The zero-order valence-electron chi connectivity index (χ0n) is 9.74. The number of benzene rings is 1. The van der Waals surface area contributed by atoms with Gasteiger partial charge < -0.3 is 15.0 Å². The van der Waals surface area contributed by atoms with Crippen LogP contribution in [0.15, 0.2) is 18.2 Å². The fourth-order valence-electron chi connectivity index (χ4n) is 2.40. The summed E-state index contributed by atoms with van der Waals surface area (Å²) in [6.45, 7) is 3.17. The summed E-state index contributed by atoms with van der Waals surface area (Å²) in [6, 6.07) is 6.14. The Morgan fingerprint density at radius 2 is 2.06 bits per heavy atom. The number of anilines is 2. The third-order valence-corrected chi connectivity index (χ3v) is 3.32. The number of carbonyl (C=O) groups excluding carboxylic acids is 1. The minimum atomic E-state index is 0.366. The van der Waals surface area contributed by atoms with E-state index in [1.54, 1.807) is 0 Å². The van der Waals surface area contributed by atoms with Crippen molar-refractivity contribution in [3.05, 3.63) is 18.2 Å². The lowest BCUT2D eigenvalue weighted by Gasteiger charge is -2.31. The van der Waals surface area contributed by atoms with Gasteiger partial charge in [0.05, 0.1) is 11.4 Å². The summed E-state index contributed by atoms with van der Waals surface area (Å²) in [6.07, 6.45) is 1.30. The number of fused-ring (bicyclic) bond motifs is 1. The Balaban J connectivity index is 1.89. The van der Waals surface area contributed by atoms with Crippen LogP contribution in [0, 0.1) is 0 Å². The second-order valence-electron chi connectivity index (χ2n) is 4.45. The van der Waals surface area contributed by atoms with Crippen molar-refractivity contribution in [2.75, 3.05) is 36.5 Å². The van der Waals surface area contributed by atoms with E-state index in [0.29, 0.717) is 25.2 Å². The Hall–Kier alpha value is -1.71. The first-order valence-electron chi connectivity index (χ1n) is 6.11. The minimum Gasteiger partial charge on any atom is -0.487 e. The van der Waals surface area contributed by atoms with Crippen molar-refractivity contribution in [3.8, 4) is 5.75 Å². The molecule has 3 rings (SSSR count). The van der Waals surface area contributed by atoms with Gasteiger partial charge in [-0.05, 0) is 12.1 Å². The lowest BCUT2D eigenvalue weighted by atomic mass is 10.1. The van der Waals surface area contributed by atoms with E-state index in [0.717, 1.165) is 36.8 Å². The number of carbonyl (C=O) groups is 1. The van der Waals surface area contributed by atoms with Crippen molar-refractivity contribution in [1.29, 1.82) is 0 Å². The number of ether oxygens (including phenoxy) is 1. The largest absolute Gasteiger partial charge is 0.487 e. The van der Waals surface area contributed by atoms with Crippen molar-refractivity contribution < 1.29 is 9.53 Å². The standard InChI is InChI=1S/C13H16N2O2/c16-10-4-7-15(8-5-10)12-3-1-2-11-13(12)17-9-6-14-11/h1-3,14H,4-9H2. The molecule has 0 aromatic heterocycles. The van der Waals surface area contributed by atoms with Crippen molar-refractivity contribution >= 4 is 17.2 Å². The van der Waals surface area contributed by atoms with Crippen LogP contribution in [-0.2, 0) is 4.79 Å². The van der Waals surface area contributed by atoms with Gasteiger partial charge in [0.15, 0.2) is 5.75 Å². The van der Waals surface area contributed by atoms with Gasteiger partial charge in [0.25, 0.3) is 0 Å². The second kappa shape index (κ2) is 4.28. The van der Waals surface area contributed by atoms with E-state index in [4.69, 9.17) is 4.74 Å². The van der Waals surface area contributed by atoms with E-state index < -0.39 is 0 Å². The molecule has 4 nitrogen and oxygen atoms in total. The van der Waals surface area contributed by atoms with Crippen LogP contribution in [0.1, 0.15) is 12.8 Å². The Morgan fingerprint density at radius 3 is 2.88 bits per heavy atom. The monoisotopic (exact) mass is 232 g/mol. The number of rotatable bonds is 1. The van der Waals surface area contributed by atoms with Gasteiger partial charge in [-0.15, -0.1) is 0 Å². The molecule has 1 aromatic carbocycles. The number of para-hydroxylation sites is 1. The Labute approximate surface area is 101 Å². The first-order valence-corrected chi connectivity index (χ1v) is 6.11. The van der Waals surface area contributed by atoms with Gasteiger partial charge >= 0.3 is 0 Å². The van der Waals surface area contributed by atoms with E-state index in [1.807, 2.05) is 12.1 Å². The number of nitrogens with zero attached hydrogens (tertiary/aromatic N) is 1. The Morgan fingerprint density at radius 1 is 1.24 bits per heavy atom. The van der Waals surface area contributed by atoms with E-state index in [9.17, 15) is 4.79 Å². The maximum absolute atomic E-state index is 11.3. The lowest BCUT2D eigenvalue weighted by Crippen LogP contribution is -2.34. The summed E-state index contributed by atoms with van der Waals surface area (Å²) in [7, 11) is 0. The van der Waals surface area contributed by atoms with Crippen molar-refractivity contribution in [2.45, 2.75) is 12.8 Å². The average Bonchev–Trinajstić information content (AvgIpc) is 2.39. The fraction of sp³-hybridized carbons (Fsp3) is 0.462. The number of nitrogens with one attached hydrogen (secondary N) is 1. The summed E-state index contributed by atoms with van der Waals surface area (Å²) in [5.74, 6) is 1.30. The second-order valence-corrected chi connectivity index (χ2v) is 4.45. The summed E-state index contributed by atoms with van der Waals surface area (Å²) in [5, 5.41) is 3.33. The molecular weight excluding hydrogens is 216 g/mol. The topological polar surface area (TPSA) is 41.6 Å². The molecule has 90 valence electrons. The summed E-state index contributed by atoms with van der Waals surface area (Å²) < 4.78 is 5.75. The van der Waals surface area contributed by atoms with Crippen LogP contribution in [0.3, 0.4) is 0 Å². The highest BCUT2D eigenvalue weighted by Gasteiger charge is 2.22. The summed E-state index contributed by atoms with van der Waals surface area (Å²) >= 11 is 0. The third kappa shape index (κ3) is 1.95. The molecular formula is C13H16N2O2. The number of hydrogen-bond acceptors (Lipinski definition) is 4. The molecule has 0 bridgehead atoms. The molecule has 0 aliphatic carbocycles. The van der Waals surface area contributed by atoms with Crippen LogP contribution >= 0.6 is 0 Å². The maximum atomic E-state index is 11.3. The van der Waals surface area contributed by atoms with Gasteiger partial charge in [0.2, 0.25) is 0 Å². The molecule has 2 aliphatic heterocycles. The SMILES string of the molecule is O=C1CCN(c2cccc3c2OCCN3)CC1. The number of Topliss-reactive ketones (excluding diaryl/α,β-unsaturated/α-hetero) is 1. The molecule has 1 aromatic rings. The van der Waals surface area contributed by atoms with E-state index in [1.165, 1.54) is 0 Å². The van der Waals surface area contributed by atoms with Crippen molar-refractivity contribution in [1.82, 2.24) is 0 Å². The van der Waals surface area contributed by atoms with Crippen LogP contribution < -0.4 is 15.0 Å². The quantitative estimate of drug-likeness (QED) is 0.799. The number of hydrogen-bond donors (Lipinski definition) is 1. The number of ketones is 1. The normalized spacial score (nSPS) is 19.3. The first-order chi connectivity index (χ1) is 8.34. The van der Waals surface area contributed by atoms with Crippen molar-refractivity contribution in [3.63, 3.8) is 0 Å². The highest BCUT2D eigenvalue weighted by Crippen LogP contribution is 2.38. The molecule has 0 unspecified atom stereocenters. The summed E-state index contributed by atoms with van der Waals surface area (Å²) in [4.78, 5) is 13.5. The Bertz CT molecular complexity index is 435. The molecule has 0 amide bonds. The smallest absolute Gasteiger partial charge is 0.165 e. The number of piperidine rings is 1. The lowest BCUT2D eigenvalue weighted by molar-refractivity contribution is -0.119. The van der Waals surface area contributed by atoms with E-state index in [2.05, 4.69) is 16.3 Å². The molecule has 17 heavy (non-hydrogen) atoms. The minimum absolute atomic E-state index is 0.366. The molecule has 0 spiro atoms. The van der Waals surface area contributed by atoms with Gasteiger partial charge in [-0.25, -0.2) is 0 Å². The predicted octanol–water partition coefficient (Wildman–Crippen LogP) is 1.66. The highest BCUT2D eigenvalue weighted by atomic mass is 16.5. The van der Waals surface area contributed by atoms with E-state index >= 15 is 0 Å². The highest BCUT2D eigenvalue weighted by molar-refractivity contribution is 5.82. The average molecular weight is 232 g/mol. The van der Waals surface area contributed by atoms with Crippen LogP contribution in [0.4, 0.5) is 11.4 Å². The molecule has 0 radical (unpaired) electrons. The molecule has 2 aliphatic rings. The van der Waals surface area contributed by atoms with E-state index in [-0.39, 0.29) is 0 Å². The molecule has 0 atom stereocenters. The first kappa shape index (κ1) is 10.4. The molecule has 1 fully saturated rings. The molecule has 1 saturated heterocycles. The van der Waals surface area contributed by atoms with Crippen LogP contribution in [-0.4, -0.2) is 32.0 Å². The zero-order chi connectivity index (χ0) is 11.7. The van der Waals surface area contributed by atoms with Gasteiger partial charge in [-0.3, -0.25) is 4.79 Å². The predicted molar refractivity (Wildman–Crippen MR) is 66.9 cm³/mol. The maximum Gasteiger partial charge on any atom is 0.165 e. The third-order valence-electron chi connectivity index (χ3n) is 3.32. The van der Waals surface area contributed by atoms with Crippen molar-refractivity contribution in [2.24, 2.45) is 0 Å².